The summed E-state index contributed by atoms with van der Waals surface area (Å²) in [7, 11) is 1.39. The van der Waals surface area contributed by atoms with E-state index >= 15 is 0 Å². The monoisotopic (exact) mass is 488 g/mol. The second-order valence-electron chi connectivity index (χ2n) is 7.15. The van der Waals surface area contributed by atoms with Crippen LogP contribution in [0.2, 0.25) is 5.02 Å². The molecule has 0 bridgehead atoms. The van der Waals surface area contributed by atoms with Gasteiger partial charge >= 0.3 is 0 Å². The molecule has 1 heterocycles. The molecule has 1 aliphatic rings. The van der Waals surface area contributed by atoms with Crippen molar-refractivity contribution in [3.05, 3.63) is 57.4 Å². The summed E-state index contributed by atoms with van der Waals surface area (Å²) in [6, 6.07) is 2.98. The van der Waals surface area contributed by atoms with Crippen LogP contribution in [0.4, 0.5) is 27.6 Å². The number of rotatable bonds is 6. The third-order valence-electron chi connectivity index (χ3n) is 4.92. The van der Waals surface area contributed by atoms with Crippen molar-refractivity contribution < 1.29 is 36.2 Å². The van der Waals surface area contributed by atoms with Gasteiger partial charge in [-0.1, -0.05) is 18.5 Å². The minimum absolute atomic E-state index is 0.0148. The van der Waals surface area contributed by atoms with Crippen molar-refractivity contribution in [3.8, 4) is 11.5 Å². The molecule has 1 atom stereocenters. The fourth-order valence-electron chi connectivity index (χ4n) is 3.00. The number of carbonyl (C=O) groups is 1. The second-order valence-corrected chi connectivity index (χ2v) is 7.56. The summed E-state index contributed by atoms with van der Waals surface area (Å²) in [5.41, 5.74) is -1.27. The van der Waals surface area contributed by atoms with Crippen LogP contribution in [0.15, 0.2) is 22.8 Å². The van der Waals surface area contributed by atoms with Crippen LogP contribution in [0.3, 0.4) is 0 Å². The molecule has 0 saturated carbocycles. The number of ether oxygens (including phenoxy) is 2. The minimum atomic E-state index is -2.33. The largest absolute Gasteiger partial charge is 0.493 e. The van der Waals surface area contributed by atoms with Gasteiger partial charge < -0.3 is 9.47 Å². The number of hydrogen-bond acceptors (Lipinski definition) is 4. The highest BCUT2D eigenvalue weighted by Crippen LogP contribution is 2.39. The van der Waals surface area contributed by atoms with E-state index in [9.17, 15) is 26.7 Å². The Hall–Kier alpha value is -3.14. The predicted molar refractivity (Wildman–Crippen MR) is 113 cm³/mol. The molecule has 0 saturated heterocycles. The first-order chi connectivity index (χ1) is 15.5. The molecule has 176 valence electrons. The molecule has 1 amide bonds. The number of carbonyl (C=O) groups excluding carboxylic acids is 1. The maximum absolute atomic E-state index is 14.2. The average molecular weight is 489 g/mol. The molecule has 3 rings (SSSR count). The van der Waals surface area contributed by atoms with Crippen LogP contribution in [-0.4, -0.2) is 24.8 Å². The van der Waals surface area contributed by atoms with E-state index in [2.05, 4.69) is 5.10 Å². The van der Waals surface area contributed by atoms with E-state index in [1.165, 1.54) is 32.2 Å². The number of anilines is 1. The van der Waals surface area contributed by atoms with Gasteiger partial charge in [0.25, 0.3) is 5.91 Å². The van der Waals surface area contributed by atoms with Gasteiger partial charge in [0.2, 0.25) is 5.82 Å². The van der Waals surface area contributed by atoms with Crippen LogP contribution >= 0.6 is 11.6 Å². The molecule has 0 aromatic heterocycles. The van der Waals surface area contributed by atoms with Crippen LogP contribution in [0, 0.1) is 29.1 Å². The Morgan fingerprint density at radius 3 is 2.21 bits per heavy atom. The van der Waals surface area contributed by atoms with Crippen LogP contribution in [0.5, 0.6) is 11.5 Å². The first kappa shape index (κ1) is 24.5. The lowest BCUT2D eigenvalue weighted by Crippen LogP contribution is -2.25. The first-order valence-corrected chi connectivity index (χ1v) is 10.1. The van der Waals surface area contributed by atoms with E-state index in [4.69, 9.17) is 21.1 Å². The molecule has 0 fully saturated rings. The SMILES string of the molecule is CC[C@H](C)Oc1c(Cl)cc(/C=C2/C(=O)N(c3c(F)c(F)c(F)c(F)c3F)N=C2C)cc1OC. The third-order valence-corrected chi connectivity index (χ3v) is 5.20. The smallest absolute Gasteiger partial charge is 0.280 e. The van der Waals surface area contributed by atoms with E-state index in [-0.39, 0.29) is 33.2 Å². The number of benzene rings is 2. The summed E-state index contributed by atoms with van der Waals surface area (Å²) in [6.45, 7) is 5.11. The number of methoxy groups -OCH3 is 1. The molecule has 0 spiro atoms. The lowest BCUT2D eigenvalue weighted by molar-refractivity contribution is -0.114. The summed E-state index contributed by atoms with van der Waals surface area (Å²) in [5.74, 6) is -11.6. The predicted octanol–water partition coefficient (Wildman–Crippen LogP) is 6.03. The lowest BCUT2D eigenvalue weighted by Gasteiger charge is -2.17. The topological polar surface area (TPSA) is 51.1 Å². The van der Waals surface area contributed by atoms with Crippen LogP contribution in [0.1, 0.15) is 32.8 Å². The van der Waals surface area contributed by atoms with E-state index in [1.54, 1.807) is 0 Å². The van der Waals surface area contributed by atoms with Crippen LogP contribution in [-0.2, 0) is 4.79 Å². The average Bonchev–Trinajstić information content (AvgIpc) is 3.05. The van der Waals surface area contributed by atoms with Crippen LogP contribution < -0.4 is 14.5 Å². The molecular weight excluding hydrogens is 471 g/mol. The molecule has 33 heavy (non-hydrogen) atoms. The molecule has 0 radical (unpaired) electrons. The number of hydrogen-bond donors (Lipinski definition) is 0. The fraction of sp³-hybridized carbons (Fsp3) is 0.273. The Morgan fingerprint density at radius 2 is 1.67 bits per heavy atom. The van der Waals surface area contributed by atoms with Gasteiger partial charge in [-0.3, -0.25) is 4.79 Å². The fourth-order valence-corrected chi connectivity index (χ4v) is 3.27. The second kappa shape index (κ2) is 9.38. The van der Waals surface area contributed by atoms with Crippen LogP contribution in [0.25, 0.3) is 6.08 Å². The van der Waals surface area contributed by atoms with Gasteiger partial charge in [-0.2, -0.15) is 10.1 Å². The molecule has 5 nitrogen and oxygen atoms in total. The Bertz CT molecular complexity index is 1170. The maximum Gasteiger partial charge on any atom is 0.280 e. The van der Waals surface area contributed by atoms with E-state index in [0.717, 1.165) is 0 Å². The van der Waals surface area contributed by atoms with E-state index < -0.39 is 40.7 Å². The van der Waals surface area contributed by atoms with Gasteiger partial charge in [-0.05, 0) is 44.0 Å². The Labute approximate surface area is 191 Å². The van der Waals surface area contributed by atoms with Gasteiger partial charge in [0.05, 0.1) is 29.5 Å². The van der Waals surface area contributed by atoms with Gasteiger partial charge in [0.15, 0.2) is 34.8 Å². The summed E-state index contributed by atoms with van der Waals surface area (Å²) in [4.78, 5) is 12.8. The van der Waals surface area contributed by atoms with Gasteiger partial charge in [0, 0.05) is 0 Å². The summed E-state index contributed by atoms with van der Waals surface area (Å²) >= 11 is 6.31. The van der Waals surface area contributed by atoms with Crippen molar-refractivity contribution in [3.63, 3.8) is 0 Å². The minimum Gasteiger partial charge on any atom is -0.493 e. The molecule has 2 aromatic rings. The zero-order valence-electron chi connectivity index (χ0n) is 17.9. The zero-order chi connectivity index (χ0) is 24.6. The lowest BCUT2D eigenvalue weighted by atomic mass is 10.1. The molecule has 1 aliphatic heterocycles. The van der Waals surface area contributed by atoms with E-state index in [0.29, 0.717) is 17.7 Å². The first-order valence-electron chi connectivity index (χ1n) is 9.69. The van der Waals surface area contributed by atoms with Crippen molar-refractivity contribution in [2.45, 2.75) is 33.3 Å². The van der Waals surface area contributed by atoms with Gasteiger partial charge in [-0.25, -0.2) is 22.0 Å². The normalized spacial score (nSPS) is 15.8. The molecule has 0 N–H and O–H groups in total. The zero-order valence-corrected chi connectivity index (χ0v) is 18.7. The van der Waals surface area contributed by atoms with Crippen molar-refractivity contribution in [1.82, 2.24) is 0 Å². The molecule has 11 heteroatoms. The Balaban J connectivity index is 2.04. The van der Waals surface area contributed by atoms with Crippen molar-refractivity contribution in [1.29, 1.82) is 0 Å². The summed E-state index contributed by atoms with van der Waals surface area (Å²) in [6.07, 6.45) is 1.86. The molecule has 2 aromatic carbocycles. The number of nitrogens with zero attached hydrogens (tertiary/aromatic N) is 2. The standard InChI is InChI=1S/C22H18ClF5N2O3/c1-5-9(2)33-21-13(23)7-11(8-14(21)32-4)6-12-10(3)29-30(22(12)31)20-18(27)16(25)15(24)17(26)19(20)28/h6-9H,5H2,1-4H3/b12-6+/t9-/m0/s1. The third kappa shape index (κ3) is 4.39. The van der Waals surface area contributed by atoms with Crippen molar-refractivity contribution in [2.75, 3.05) is 12.1 Å². The highest BCUT2D eigenvalue weighted by atomic mass is 35.5. The van der Waals surface area contributed by atoms with Crippen molar-refractivity contribution >= 4 is 35.0 Å². The number of halogens is 6. The number of hydrazone groups is 1. The Morgan fingerprint density at radius 1 is 1.09 bits per heavy atom. The van der Waals surface area contributed by atoms with Gasteiger partial charge in [-0.15, -0.1) is 0 Å². The van der Waals surface area contributed by atoms with Crippen molar-refractivity contribution in [2.24, 2.45) is 5.10 Å². The maximum atomic E-state index is 14.2. The number of amides is 1. The van der Waals surface area contributed by atoms with E-state index in [1.807, 2.05) is 13.8 Å². The summed E-state index contributed by atoms with van der Waals surface area (Å²) in [5, 5.41) is 4.01. The molecule has 0 unspecified atom stereocenters. The molecular formula is C22H18ClF5N2O3. The van der Waals surface area contributed by atoms with Gasteiger partial charge in [0.1, 0.15) is 5.69 Å². The summed E-state index contributed by atoms with van der Waals surface area (Å²) < 4.78 is 80.0. The highest BCUT2D eigenvalue weighted by molar-refractivity contribution is 6.33. The quantitative estimate of drug-likeness (QED) is 0.216. The molecule has 0 aliphatic carbocycles. The Kier molecular flexibility index (Phi) is 6.97. The highest BCUT2D eigenvalue weighted by Gasteiger charge is 2.37.